The standard InChI is InChI=1S/C8H9BrN2O2.C7H6BrNO.C6H4BrNO2.C6H6BrN/c1-11(13-2)8(12)6-3-4-10-7(9)5-6;1-5(10)6-2-3-9-7(8)4-6;7-5-3-4(6(9)10)1-2-8-5;1-5-2-3-8-6(7)4-5/h3-5H,1-2H3;2-4H,1H3;1-3H,(H,9,10);2-4H,1H3. The van der Waals surface area contributed by atoms with Crippen LogP contribution < -0.4 is 0 Å². The van der Waals surface area contributed by atoms with E-state index in [4.69, 9.17) is 9.94 Å². The molecule has 1 N–H and O–H groups in total. The summed E-state index contributed by atoms with van der Waals surface area (Å²) in [6.07, 6.45) is 6.37. The van der Waals surface area contributed by atoms with Crippen LogP contribution in [0.5, 0.6) is 0 Å². The average molecular weight is 819 g/mol. The number of amides is 1. The minimum Gasteiger partial charge on any atom is -0.478 e. The van der Waals surface area contributed by atoms with Crippen molar-refractivity contribution in [1.29, 1.82) is 0 Å². The molecule has 41 heavy (non-hydrogen) atoms. The lowest BCUT2D eigenvalue weighted by Gasteiger charge is -2.13. The van der Waals surface area contributed by atoms with Crippen molar-refractivity contribution < 1.29 is 24.3 Å². The molecule has 0 aliphatic heterocycles. The summed E-state index contributed by atoms with van der Waals surface area (Å²) in [5.41, 5.74) is 2.68. The third-order valence-electron chi connectivity index (χ3n) is 4.52. The molecule has 4 heterocycles. The van der Waals surface area contributed by atoms with Gasteiger partial charge in [-0.05, 0) is 132 Å². The third kappa shape index (κ3) is 15.0. The van der Waals surface area contributed by atoms with Crippen LogP contribution in [-0.4, -0.2) is 61.9 Å². The zero-order valence-corrected chi connectivity index (χ0v) is 28.6. The van der Waals surface area contributed by atoms with Crippen molar-refractivity contribution in [2.45, 2.75) is 13.8 Å². The number of hydrogen-bond donors (Lipinski definition) is 1. The Bertz CT molecular complexity index is 1390. The molecule has 0 radical (unpaired) electrons. The van der Waals surface area contributed by atoms with Gasteiger partial charge in [0.25, 0.3) is 5.91 Å². The number of rotatable bonds is 4. The van der Waals surface area contributed by atoms with Crippen LogP contribution in [0.25, 0.3) is 0 Å². The van der Waals surface area contributed by atoms with Gasteiger partial charge < -0.3 is 5.11 Å². The lowest BCUT2D eigenvalue weighted by molar-refractivity contribution is -0.0757. The average Bonchev–Trinajstić information content (AvgIpc) is 2.93. The van der Waals surface area contributed by atoms with Crippen molar-refractivity contribution in [3.8, 4) is 0 Å². The molecule has 10 nitrogen and oxygen atoms in total. The first-order valence-electron chi connectivity index (χ1n) is 11.3. The predicted octanol–water partition coefficient (Wildman–Crippen LogP) is 7.22. The van der Waals surface area contributed by atoms with Gasteiger partial charge in [0.1, 0.15) is 18.4 Å². The molecule has 14 heteroatoms. The van der Waals surface area contributed by atoms with E-state index >= 15 is 0 Å². The number of hydroxylamine groups is 2. The van der Waals surface area contributed by atoms with Crippen LogP contribution in [-0.2, 0) is 4.84 Å². The first kappa shape index (κ1) is 36.1. The molecule has 0 aliphatic rings. The van der Waals surface area contributed by atoms with Gasteiger partial charge in [-0.2, -0.15) is 0 Å². The number of Topliss-reactive ketones (excluding diaryl/α,β-unsaturated/α-hetero) is 1. The van der Waals surface area contributed by atoms with Gasteiger partial charge in [-0.3, -0.25) is 14.4 Å². The number of aryl methyl sites for hydroxylation is 1. The summed E-state index contributed by atoms with van der Waals surface area (Å²) in [5, 5.41) is 9.62. The topological polar surface area (TPSA) is 135 Å². The number of nitrogens with zero attached hydrogens (tertiary/aromatic N) is 5. The van der Waals surface area contributed by atoms with Crippen molar-refractivity contribution in [2.24, 2.45) is 0 Å². The van der Waals surface area contributed by atoms with E-state index in [2.05, 4.69) is 83.7 Å². The van der Waals surface area contributed by atoms with Crippen LogP contribution in [0.3, 0.4) is 0 Å². The molecule has 0 atom stereocenters. The molecular formula is C27H25Br4N5O5. The molecule has 0 unspecified atom stereocenters. The SMILES string of the molecule is CC(=O)c1ccnc(Br)c1.CON(C)C(=O)c1ccnc(Br)c1.Cc1ccnc(Br)c1.O=C(O)c1ccnc(Br)c1. The fourth-order valence-corrected chi connectivity index (χ4v) is 4.03. The molecule has 4 rings (SSSR count). The number of aromatic nitrogens is 4. The predicted molar refractivity (Wildman–Crippen MR) is 169 cm³/mol. The maximum absolute atomic E-state index is 11.5. The Labute approximate surface area is 271 Å². The molecule has 0 saturated heterocycles. The third-order valence-corrected chi connectivity index (χ3v) is 6.26. The smallest absolute Gasteiger partial charge is 0.335 e. The van der Waals surface area contributed by atoms with Gasteiger partial charge in [0, 0.05) is 43.0 Å². The van der Waals surface area contributed by atoms with Crippen LogP contribution in [0.1, 0.15) is 43.6 Å². The van der Waals surface area contributed by atoms with Crippen LogP contribution in [0, 0.1) is 6.92 Å². The fourth-order valence-electron chi connectivity index (χ4n) is 2.46. The number of carbonyl (C=O) groups excluding carboxylic acids is 2. The molecule has 0 saturated carbocycles. The van der Waals surface area contributed by atoms with E-state index in [1.54, 1.807) is 49.9 Å². The lowest BCUT2D eigenvalue weighted by atomic mass is 10.2. The normalized spacial score (nSPS) is 9.46. The van der Waals surface area contributed by atoms with Crippen molar-refractivity contribution in [3.63, 3.8) is 0 Å². The van der Waals surface area contributed by atoms with E-state index in [0.29, 0.717) is 24.9 Å². The molecule has 216 valence electrons. The Morgan fingerprint density at radius 1 is 0.707 bits per heavy atom. The second kappa shape index (κ2) is 19.3. The highest BCUT2D eigenvalue weighted by Gasteiger charge is 2.11. The van der Waals surface area contributed by atoms with Crippen molar-refractivity contribution in [2.75, 3.05) is 14.2 Å². The zero-order chi connectivity index (χ0) is 30.9. The van der Waals surface area contributed by atoms with E-state index < -0.39 is 5.97 Å². The largest absolute Gasteiger partial charge is 0.478 e. The van der Waals surface area contributed by atoms with E-state index in [1.807, 2.05) is 19.1 Å². The number of hydrogen-bond acceptors (Lipinski definition) is 8. The summed E-state index contributed by atoms with van der Waals surface area (Å²) in [6.45, 7) is 3.56. The summed E-state index contributed by atoms with van der Waals surface area (Å²) in [5.74, 6) is -1.09. The van der Waals surface area contributed by atoms with E-state index in [0.717, 1.165) is 9.67 Å². The number of carboxylic acid groups (broad SMARTS) is 1. The molecule has 0 spiro atoms. The van der Waals surface area contributed by atoms with Crippen LogP contribution >= 0.6 is 63.7 Å². The maximum atomic E-state index is 11.5. The fraction of sp³-hybridized carbons (Fsp3) is 0.148. The summed E-state index contributed by atoms with van der Waals surface area (Å²) in [4.78, 5) is 52.8. The number of aromatic carboxylic acids is 1. The Kier molecular flexibility index (Phi) is 17.0. The second-order valence-electron chi connectivity index (χ2n) is 7.60. The minimum absolute atomic E-state index is 0.0584. The van der Waals surface area contributed by atoms with Gasteiger partial charge in [-0.25, -0.2) is 29.8 Å². The van der Waals surface area contributed by atoms with Gasteiger partial charge >= 0.3 is 5.97 Å². The lowest BCUT2D eigenvalue weighted by Crippen LogP contribution is -2.25. The first-order valence-corrected chi connectivity index (χ1v) is 14.5. The van der Waals surface area contributed by atoms with Crippen LogP contribution in [0.4, 0.5) is 0 Å². The van der Waals surface area contributed by atoms with Gasteiger partial charge in [0.15, 0.2) is 5.78 Å². The van der Waals surface area contributed by atoms with Gasteiger partial charge in [-0.15, -0.1) is 0 Å². The molecule has 4 aromatic heterocycles. The molecule has 0 fully saturated rings. The molecule has 0 aromatic carbocycles. The summed E-state index contributed by atoms with van der Waals surface area (Å²) in [7, 11) is 2.99. The number of pyridine rings is 4. The molecular weight excluding hydrogens is 794 g/mol. The highest BCUT2D eigenvalue weighted by atomic mass is 79.9. The summed E-state index contributed by atoms with van der Waals surface area (Å²) >= 11 is 12.7. The Morgan fingerprint density at radius 2 is 1.10 bits per heavy atom. The van der Waals surface area contributed by atoms with E-state index in [9.17, 15) is 14.4 Å². The number of ketones is 1. The van der Waals surface area contributed by atoms with Crippen LogP contribution in [0.2, 0.25) is 0 Å². The van der Waals surface area contributed by atoms with Gasteiger partial charge in [0.2, 0.25) is 0 Å². The second-order valence-corrected chi connectivity index (χ2v) is 10.9. The number of carbonyl (C=O) groups is 3. The summed E-state index contributed by atoms with van der Waals surface area (Å²) < 4.78 is 2.76. The van der Waals surface area contributed by atoms with Gasteiger partial charge in [-0.1, -0.05) is 0 Å². The number of carboxylic acids is 1. The van der Waals surface area contributed by atoms with E-state index in [1.165, 1.54) is 37.9 Å². The highest BCUT2D eigenvalue weighted by Crippen LogP contribution is 2.10. The quantitative estimate of drug-likeness (QED) is 0.129. The Morgan fingerprint density at radius 3 is 1.41 bits per heavy atom. The Hall–Kier alpha value is -2.91. The molecule has 0 bridgehead atoms. The highest BCUT2D eigenvalue weighted by molar-refractivity contribution is 9.11. The summed E-state index contributed by atoms with van der Waals surface area (Å²) in [6, 6.07) is 13.5. The van der Waals surface area contributed by atoms with E-state index in [-0.39, 0.29) is 17.3 Å². The van der Waals surface area contributed by atoms with Crippen molar-refractivity contribution in [1.82, 2.24) is 25.0 Å². The van der Waals surface area contributed by atoms with Crippen molar-refractivity contribution >= 4 is 81.4 Å². The number of halogens is 4. The van der Waals surface area contributed by atoms with Crippen LogP contribution in [0.15, 0.2) is 91.7 Å². The molecule has 1 amide bonds. The van der Waals surface area contributed by atoms with Gasteiger partial charge in [0.05, 0.1) is 12.7 Å². The van der Waals surface area contributed by atoms with Crippen molar-refractivity contribution in [3.05, 3.63) is 114 Å². The molecule has 0 aliphatic carbocycles. The minimum atomic E-state index is -0.942. The molecule has 4 aromatic rings. The zero-order valence-electron chi connectivity index (χ0n) is 22.3. The maximum Gasteiger partial charge on any atom is 0.335 e. The Balaban J connectivity index is 0.000000277. The monoisotopic (exact) mass is 815 g/mol. The first-order chi connectivity index (χ1) is 19.3.